The summed E-state index contributed by atoms with van der Waals surface area (Å²) in [5.74, 6) is -0.142. The van der Waals surface area contributed by atoms with Gasteiger partial charge in [0, 0.05) is 26.8 Å². The van der Waals surface area contributed by atoms with Crippen LogP contribution < -0.4 is 0 Å². The van der Waals surface area contributed by atoms with Gasteiger partial charge in [-0.05, 0) is 12.8 Å². The van der Waals surface area contributed by atoms with E-state index >= 15 is 0 Å². The Labute approximate surface area is 78.8 Å². The molecule has 0 radical (unpaired) electrons. The lowest BCUT2D eigenvalue weighted by atomic mass is 10.1. The first kappa shape index (κ1) is 10.5. The Morgan fingerprint density at radius 3 is 2.54 bits per heavy atom. The van der Waals surface area contributed by atoms with Crippen LogP contribution in [-0.4, -0.2) is 50.8 Å². The maximum Gasteiger partial charge on any atom is 0.323 e. The van der Waals surface area contributed by atoms with Gasteiger partial charge in [0.2, 0.25) is 0 Å². The van der Waals surface area contributed by atoms with Crippen molar-refractivity contribution in [2.24, 2.45) is 0 Å². The number of nitrogens with zero attached hydrogens (tertiary/aromatic N) is 1. The lowest BCUT2D eigenvalue weighted by Gasteiger charge is -2.36. The highest BCUT2D eigenvalue weighted by atomic mass is 16.5. The number of carbonyl (C=O) groups is 1. The molecule has 1 atom stereocenters. The maximum atomic E-state index is 11.3. The van der Waals surface area contributed by atoms with Gasteiger partial charge in [0.25, 0.3) is 0 Å². The van der Waals surface area contributed by atoms with E-state index in [1.165, 1.54) is 13.5 Å². The fourth-order valence-electron chi connectivity index (χ4n) is 1.47. The van der Waals surface area contributed by atoms with Crippen molar-refractivity contribution in [2.75, 3.05) is 33.9 Å². The Kier molecular flexibility index (Phi) is 4.18. The standard InChI is InChI=1S/C9H17NO3/c1-12-7-4-8(9(11)13-2)10-5-3-6-10/h8H,3-7H2,1-2H3. The molecule has 1 fully saturated rings. The van der Waals surface area contributed by atoms with Crippen molar-refractivity contribution in [3.05, 3.63) is 0 Å². The molecule has 0 spiro atoms. The summed E-state index contributed by atoms with van der Waals surface area (Å²) >= 11 is 0. The van der Waals surface area contributed by atoms with Gasteiger partial charge < -0.3 is 9.47 Å². The fraction of sp³-hybridized carbons (Fsp3) is 0.889. The van der Waals surface area contributed by atoms with E-state index < -0.39 is 0 Å². The van der Waals surface area contributed by atoms with Crippen molar-refractivity contribution < 1.29 is 14.3 Å². The van der Waals surface area contributed by atoms with Crippen LogP contribution >= 0.6 is 0 Å². The third-order valence-corrected chi connectivity index (χ3v) is 2.40. The highest BCUT2D eigenvalue weighted by molar-refractivity contribution is 5.75. The average molecular weight is 187 g/mol. The molecule has 4 heteroatoms. The molecule has 0 aromatic carbocycles. The number of likely N-dealkylation sites (tertiary alicyclic amines) is 1. The SMILES string of the molecule is COCCC(C(=O)OC)N1CCC1. The van der Waals surface area contributed by atoms with Gasteiger partial charge in [-0.3, -0.25) is 9.69 Å². The van der Waals surface area contributed by atoms with Gasteiger partial charge >= 0.3 is 5.97 Å². The zero-order valence-electron chi connectivity index (χ0n) is 8.28. The fourth-order valence-corrected chi connectivity index (χ4v) is 1.47. The average Bonchev–Trinajstić information content (AvgIpc) is 2.07. The largest absolute Gasteiger partial charge is 0.468 e. The van der Waals surface area contributed by atoms with Gasteiger partial charge in [-0.2, -0.15) is 0 Å². The highest BCUT2D eigenvalue weighted by Gasteiger charge is 2.29. The molecule has 0 aromatic rings. The monoisotopic (exact) mass is 187 g/mol. The van der Waals surface area contributed by atoms with Gasteiger partial charge in [-0.1, -0.05) is 0 Å². The molecule has 0 saturated carbocycles. The molecule has 0 bridgehead atoms. The van der Waals surface area contributed by atoms with Crippen molar-refractivity contribution in [2.45, 2.75) is 18.9 Å². The highest BCUT2D eigenvalue weighted by Crippen LogP contribution is 2.15. The van der Waals surface area contributed by atoms with E-state index in [-0.39, 0.29) is 12.0 Å². The van der Waals surface area contributed by atoms with Gasteiger partial charge in [0.1, 0.15) is 6.04 Å². The molecular formula is C9H17NO3. The van der Waals surface area contributed by atoms with Gasteiger partial charge in [-0.15, -0.1) is 0 Å². The molecule has 13 heavy (non-hydrogen) atoms. The number of hydrogen-bond donors (Lipinski definition) is 0. The van der Waals surface area contributed by atoms with Crippen LogP contribution in [0.3, 0.4) is 0 Å². The predicted molar refractivity (Wildman–Crippen MR) is 48.5 cm³/mol. The molecule has 76 valence electrons. The third kappa shape index (κ3) is 2.67. The molecule has 4 nitrogen and oxygen atoms in total. The molecule has 0 aliphatic carbocycles. The van der Waals surface area contributed by atoms with Gasteiger partial charge in [-0.25, -0.2) is 0 Å². The molecule has 1 saturated heterocycles. The zero-order chi connectivity index (χ0) is 9.68. The minimum absolute atomic E-state index is 0.0984. The molecule has 1 heterocycles. The molecule has 0 N–H and O–H groups in total. The van der Waals surface area contributed by atoms with Crippen LogP contribution in [0.2, 0.25) is 0 Å². The Morgan fingerprint density at radius 1 is 1.46 bits per heavy atom. The normalized spacial score (nSPS) is 19.2. The molecular weight excluding hydrogens is 170 g/mol. The second-order valence-corrected chi connectivity index (χ2v) is 3.21. The molecule has 0 aromatic heterocycles. The summed E-state index contributed by atoms with van der Waals surface area (Å²) in [7, 11) is 3.08. The predicted octanol–water partition coefficient (Wildman–Crippen LogP) is 0.270. The second kappa shape index (κ2) is 5.19. The second-order valence-electron chi connectivity index (χ2n) is 3.21. The number of rotatable bonds is 5. The van der Waals surface area contributed by atoms with E-state index in [0.717, 1.165) is 19.5 Å². The summed E-state index contributed by atoms with van der Waals surface area (Å²) in [6, 6.07) is -0.0984. The molecule has 1 unspecified atom stereocenters. The van der Waals surface area contributed by atoms with Crippen LogP contribution in [0.1, 0.15) is 12.8 Å². The van der Waals surface area contributed by atoms with Crippen LogP contribution in [-0.2, 0) is 14.3 Å². The smallest absolute Gasteiger partial charge is 0.323 e. The number of hydrogen-bond acceptors (Lipinski definition) is 4. The van der Waals surface area contributed by atoms with E-state index in [0.29, 0.717) is 6.61 Å². The van der Waals surface area contributed by atoms with E-state index in [9.17, 15) is 4.79 Å². The van der Waals surface area contributed by atoms with Gasteiger partial charge in [0.05, 0.1) is 7.11 Å². The van der Waals surface area contributed by atoms with Crippen LogP contribution in [0, 0.1) is 0 Å². The summed E-state index contributed by atoms with van der Waals surface area (Å²) in [6.45, 7) is 2.61. The van der Waals surface area contributed by atoms with Crippen molar-refractivity contribution in [1.29, 1.82) is 0 Å². The van der Waals surface area contributed by atoms with Crippen molar-refractivity contribution in [3.8, 4) is 0 Å². The van der Waals surface area contributed by atoms with Crippen LogP contribution in [0.15, 0.2) is 0 Å². The van der Waals surface area contributed by atoms with Crippen LogP contribution in [0.25, 0.3) is 0 Å². The number of ether oxygens (including phenoxy) is 2. The summed E-state index contributed by atoms with van der Waals surface area (Å²) in [5, 5.41) is 0. The quantitative estimate of drug-likeness (QED) is 0.579. The molecule has 1 rings (SSSR count). The molecule has 1 aliphatic heterocycles. The first-order valence-corrected chi connectivity index (χ1v) is 4.60. The lowest BCUT2D eigenvalue weighted by Crippen LogP contribution is -2.49. The summed E-state index contributed by atoms with van der Waals surface area (Å²) < 4.78 is 9.68. The maximum absolute atomic E-state index is 11.3. The minimum atomic E-state index is -0.142. The summed E-state index contributed by atoms with van der Waals surface area (Å²) in [4.78, 5) is 13.5. The summed E-state index contributed by atoms with van der Waals surface area (Å²) in [5.41, 5.74) is 0. The topological polar surface area (TPSA) is 38.8 Å². The number of methoxy groups -OCH3 is 2. The van der Waals surface area contributed by atoms with Crippen molar-refractivity contribution in [1.82, 2.24) is 4.90 Å². The van der Waals surface area contributed by atoms with Crippen molar-refractivity contribution in [3.63, 3.8) is 0 Å². The van der Waals surface area contributed by atoms with E-state index in [2.05, 4.69) is 4.90 Å². The minimum Gasteiger partial charge on any atom is -0.468 e. The van der Waals surface area contributed by atoms with Gasteiger partial charge in [0.15, 0.2) is 0 Å². The Bertz CT molecular complexity index is 168. The number of esters is 1. The number of carbonyl (C=O) groups excluding carboxylic acids is 1. The first-order chi connectivity index (χ1) is 6.29. The Balaban J connectivity index is 2.37. The van der Waals surface area contributed by atoms with E-state index in [1.54, 1.807) is 7.11 Å². The Morgan fingerprint density at radius 2 is 2.15 bits per heavy atom. The van der Waals surface area contributed by atoms with Crippen molar-refractivity contribution >= 4 is 5.97 Å². The molecule has 0 amide bonds. The van der Waals surface area contributed by atoms with E-state index in [1.807, 2.05) is 0 Å². The van der Waals surface area contributed by atoms with Crippen LogP contribution in [0.4, 0.5) is 0 Å². The van der Waals surface area contributed by atoms with E-state index in [4.69, 9.17) is 9.47 Å². The Hall–Kier alpha value is -0.610. The lowest BCUT2D eigenvalue weighted by molar-refractivity contribution is -0.149. The third-order valence-electron chi connectivity index (χ3n) is 2.40. The first-order valence-electron chi connectivity index (χ1n) is 4.60. The zero-order valence-corrected chi connectivity index (χ0v) is 8.28. The van der Waals surface area contributed by atoms with Crippen LogP contribution in [0.5, 0.6) is 0 Å². The summed E-state index contributed by atoms with van der Waals surface area (Å²) in [6.07, 6.45) is 1.91. The molecule has 1 aliphatic rings.